The SMILES string of the molecule is C=C(C)OC.C=C(C)OC.O. The Hall–Kier alpha value is -0.960. The first-order valence-electron chi connectivity index (χ1n) is 2.93. The van der Waals surface area contributed by atoms with Crippen LogP contribution < -0.4 is 0 Å². The molecule has 2 N–H and O–H groups in total. The topological polar surface area (TPSA) is 50.0 Å². The van der Waals surface area contributed by atoms with Crippen molar-refractivity contribution in [3.8, 4) is 0 Å². The van der Waals surface area contributed by atoms with Gasteiger partial charge < -0.3 is 14.9 Å². The molecule has 0 unspecified atom stereocenters. The maximum Gasteiger partial charge on any atom is 0.0853 e. The van der Waals surface area contributed by atoms with Crippen LogP contribution in [-0.4, -0.2) is 19.7 Å². The Bertz CT molecular complexity index is 93.9. The fraction of sp³-hybridized carbons (Fsp3) is 0.500. The summed E-state index contributed by atoms with van der Waals surface area (Å²) < 4.78 is 9.11. The van der Waals surface area contributed by atoms with E-state index in [0.29, 0.717) is 0 Å². The average Bonchev–Trinajstić information content (AvgIpc) is 1.89. The van der Waals surface area contributed by atoms with Gasteiger partial charge in [0.15, 0.2) is 0 Å². The predicted octanol–water partition coefficient (Wildman–Crippen LogP) is 1.51. The van der Waals surface area contributed by atoms with Crippen molar-refractivity contribution < 1.29 is 14.9 Å². The largest absolute Gasteiger partial charge is 0.502 e. The number of methoxy groups -OCH3 is 2. The van der Waals surface area contributed by atoms with Gasteiger partial charge in [0, 0.05) is 0 Å². The summed E-state index contributed by atoms with van der Waals surface area (Å²) in [6.07, 6.45) is 0. The van der Waals surface area contributed by atoms with Gasteiger partial charge in [-0.3, -0.25) is 0 Å². The van der Waals surface area contributed by atoms with E-state index in [1.165, 1.54) is 0 Å². The monoisotopic (exact) mass is 162 g/mol. The molecule has 0 aliphatic heterocycles. The second-order valence-corrected chi connectivity index (χ2v) is 1.81. The Morgan fingerprint density at radius 2 is 1.00 bits per heavy atom. The molecular formula is C8H18O3. The fourth-order valence-electron chi connectivity index (χ4n) is 0. The van der Waals surface area contributed by atoms with Crippen molar-refractivity contribution in [2.45, 2.75) is 13.8 Å². The zero-order chi connectivity index (χ0) is 8.57. The van der Waals surface area contributed by atoms with Crippen LogP contribution in [0.1, 0.15) is 13.8 Å². The zero-order valence-corrected chi connectivity index (χ0v) is 7.73. The van der Waals surface area contributed by atoms with Gasteiger partial charge >= 0.3 is 0 Å². The first-order chi connectivity index (χ1) is 4.54. The van der Waals surface area contributed by atoms with Crippen molar-refractivity contribution >= 4 is 0 Å². The van der Waals surface area contributed by atoms with E-state index in [2.05, 4.69) is 22.6 Å². The Labute approximate surface area is 68.6 Å². The van der Waals surface area contributed by atoms with Crippen molar-refractivity contribution in [3.63, 3.8) is 0 Å². The molecule has 11 heavy (non-hydrogen) atoms. The Balaban J connectivity index is -0.000000107. The first-order valence-corrected chi connectivity index (χ1v) is 2.93. The van der Waals surface area contributed by atoms with Gasteiger partial charge in [0.25, 0.3) is 0 Å². The van der Waals surface area contributed by atoms with E-state index in [1.54, 1.807) is 28.1 Å². The molecule has 0 aromatic carbocycles. The van der Waals surface area contributed by atoms with Crippen molar-refractivity contribution in [2.75, 3.05) is 14.2 Å². The molecule has 0 saturated carbocycles. The summed E-state index contributed by atoms with van der Waals surface area (Å²) in [5.41, 5.74) is 0. The molecule has 3 heteroatoms. The van der Waals surface area contributed by atoms with Crippen LogP contribution in [-0.2, 0) is 9.47 Å². The highest BCUT2D eigenvalue weighted by molar-refractivity contribution is 4.71. The minimum Gasteiger partial charge on any atom is -0.502 e. The van der Waals surface area contributed by atoms with Gasteiger partial charge in [0.1, 0.15) is 0 Å². The maximum atomic E-state index is 4.56. The normalized spacial score (nSPS) is 6.18. The molecule has 0 spiro atoms. The lowest BCUT2D eigenvalue weighted by Crippen LogP contribution is -1.70. The third-order valence-electron chi connectivity index (χ3n) is 0.697. The molecule has 0 aliphatic carbocycles. The number of hydrogen-bond donors (Lipinski definition) is 0. The molecule has 0 aromatic heterocycles. The number of hydrogen-bond acceptors (Lipinski definition) is 2. The third kappa shape index (κ3) is 48.5. The quantitative estimate of drug-likeness (QED) is 0.578. The predicted molar refractivity (Wildman–Crippen MR) is 47.3 cm³/mol. The molecule has 0 bridgehead atoms. The van der Waals surface area contributed by atoms with Gasteiger partial charge in [0.2, 0.25) is 0 Å². The molecule has 0 atom stereocenters. The molecule has 0 fully saturated rings. The van der Waals surface area contributed by atoms with Crippen LogP contribution in [0, 0.1) is 0 Å². The second kappa shape index (κ2) is 11.8. The van der Waals surface area contributed by atoms with Crippen LogP contribution in [0.4, 0.5) is 0 Å². The van der Waals surface area contributed by atoms with Crippen LogP contribution in [0.2, 0.25) is 0 Å². The van der Waals surface area contributed by atoms with E-state index < -0.39 is 0 Å². The minimum absolute atomic E-state index is 0. The van der Waals surface area contributed by atoms with Crippen LogP contribution >= 0.6 is 0 Å². The standard InChI is InChI=1S/2C4H8O.H2O/c2*1-4(2)5-3;/h2*1H2,2-3H3;1H2. The summed E-state index contributed by atoms with van der Waals surface area (Å²) in [6.45, 7) is 10.5. The summed E-state index contributed by atoms with van der Waals surface area (Å²) >= 11 is 0. The van der Waals surface area contributed by atoms with Gasteiger partial charge in [-0.15, -0.1) is 0 Å². The van der Waals surface area contributed by atoms with E-state index >= 15 is 0 Å². The highest BCUT2D eigenvalue weighted by Crippen LogP contribution is 1.80. The van der Waals surface area contributed by atoms with E-state index in [-0.39, 0.29) is 5.48 Å². The Kier molecular flexibility index (Phi) is 17.7. The molecule has 0 rings (SSSR count). The van der Waals surface area contributed by atoms with Crippen molar-refractivity contribution in [3.05, 3.63) is 24.7 Å². The highest BCUT2D eigenvalue weighted by Gasteiger charge is 1.65. The zero-order valence-electron chi connectivity index (χ0n) is 7.73. The number of allylic oxidation sites excluding steroid dienone is 2. The lowest BCUT2D eigenvalue weighted by atomic mass is 10.7. The fourth-order valence-corrected chi connectivity index (χ4v) is 0. The first kappa shape index (κ1) is 16.6. The van der Waals surface area contributed by atoms with E-state index in [9.17, 15) is 0 Å². The summed E-state index contributed by atoms with van der Waals surface area (Å²) in [6, 6.07) is 0. The molecule has 0 aromatic rings. The van der Waals surface area contributed by atoms with E-state index in [1.807, 2.05) is 0 Å². The Morgan fingerprint density at radius 3 is 1.00 bits per heavy atom. The van der Waals surface area contributed by atoms with Crippen molar-refractivity contribution in [1.82, 2.24) is 0 Å². The van der Waals surface area contributed by atoms with Gasteiger partial charge in [-0.2, -0.15) is 0 Å². The highest BCUT2D eigenvalue weighted by atomic mass is 16.5. The molecule has 0 saturated heterocycles. The molecular weight excluding hydrogens is 144 g/mol. The van der Waals surface area contributed by atoms with Crippen molar-refractivity contribution in [1.29, 1.82) is 0 Å². The second-order valence-electron chi connectivity index (χ2n) is 1.81. The minimum atomic E-state index is 0. The average molecular weight is 162 g/mol. The molecule has 68 valence electrons. The van der Waals surface area contributed by atoms with Gasteiger partial charge in [0.05, 0.1) is 25.7 Å². The van der Waals surface area contributed by atoms with E-state index in [0.717, 1.165) is 11.5 Å². The molecule has 3 nitrogen and oxygen atoms in total. The summed E-state index contributed by atoms with van der Waals surface area (Å²) in [7, 11) is 3.20. The van der Waals surface area contributed by atoms with E-state index in [4.69, 9.17) is 0 Å². The summed E-state index contributed by atoms with van der Waals surface area (Å²) in [4.78, 5) is 0. The van der Waals surface area contributed by atoms with Crippen LogP contribution in [0.15, 0.2) is 24.7 Å². The molecule has 0 amide bonds. The third-order valence-corrected chi connectivity index (χ3v) is 0.697. The van der Waals surface area contributed by atoms with Crippen LogP contribution in [0.3, 0.4) is 0 Å². The van der Waals surface area contributed by atoms with Gasteiger partial charge in [-0.1, -0.05) is 13.2 Å². The summed E-state index contributed by atoms with van der Waals surface area (Å²) in [5.74, 6) is 1.51. The lowest BCUT2D eigenvalue weighted by Gasteiger charge is -1.88. The van der Waals surface area contributed by atoms with Gasteiger partial charge in [-0.05, 0) is 13.8 Å². The maximum absolute atomic E-state index is 4.56. The lowest BCUT2D eigenvalue weighted by molar-refractivity contribution is 0.295. The Morgan fingerprint density at radius 1 is 0.909 bits per heavy atom. The van der Waals surface area contributed by atoms with Gasteiger partial charge in [-0.25, -0.2) is 0 Å². The number of ether oxygens (including phenoxy) is 2. The molecule has 0 radical (unpaired) electrons. The molecule has 0 aliphatic rings. The summed E-state index contributed by atoms with van der Waals surface area (Å²) in [5, 5.41) is 0. The number of rotatable bonds is 2. The smallest absolute Gasteiger partial charge is 0.0853 e. The van der Waals surface area contributed by atoms with Crippen LogP contribution in [0.5, 0.6) is 0 Å². The molecule has 0 heterocycles. The van der Waals surface area contributed by atoms with Crippen molar-refractivity contribution in [2.24, 2.45) is 0 Å². The van der Waals surface area contributed by atoms with Crippen LogP contribution in [0.25, 0.3) is 0 Å².